The van der Waals surface area contributed by atoms with Crippen molar-refractivity contribution in [1.29, 1.82) is 0 Å². The van der Waals surface area contributed by atoms with E-state index in [0.717, 1.165) is 23.8 Å². The molecule has 20 heavy (non-hydrogen) atoms. The van der Waals surface area contributed by atoms with E-state index in [0.29, 0.717) is 12.5 Å². The minimum atomic E-state index is 0.274. The van der Waals surface area contributed by atoms with Crippen molar-refractivity contribution in [2.75, 3.05) is 6.61 Å². The summed E-state index contributed by atoms with van der Waals surface area (Å²) in [7, 11) is 0. The highest BCUT2D eigenvalue weighted by atomic mass is 16.5. The number of aromatic amines is 1. The predicted molar refractivity (Wildman–Crippen MR) is 76.0 cm³/mol. The largest absolute Gasteiger partial charge is 0.493 e. The standard InChI is InChI=1S/C16H19N3O/c1-2-6-11(5-1)15-17-16(19-18-15)13-9-12-7-3-4-8-14(12)20-10-13/h3-4,7-8,11,13H,1-2,5-6,9-10H2,(H,17,18,19). The summed E-state index contributed by atoms with van der Waals surface area (Å²) in [5, 5.41) is 7.59. The molecule has 0 saturated heterocycles. The highest BCUT2D eigenvalue weighted by molar-refractivity contribution is 5.36. The maximum absolute atomic E-state index is 5.83. The van der Waals surface area contributed by atoms with Gasteiger partial charge in [-0.05, 0) is 30.9 Å². The third-order valence-electron chi connectivity index (χ3n) is 4.51. The number of rotatable bonds is 2. The highest BCUT2D eigenvalue weighted by Gasteiger charge is 2.26. The van der Waals surface area contributed by atoms with Crippen LogP contribution < -0.4 is 4.74 Å². The van der Waals surface area contributed by atoms with E-state index in [1.165, 1.54) is 31.2 Å². The van der Waals surface area contributed by atoms with E-state index >= 15 is 0 Å². The van der Waals surface area contributed by atoms with Crippen molar-refractivity contribution < 1.29 is 4.74 Å². The van der Waals surface area contributed by atoms with Gasteiger partial charge in [0.05, 0.1) is 12.5 Å². The van der Waals surface area contributed by atoms with Crippen LogP contribution in [0.1, 0.15) is 54.7 Å². The molecule has 2 aliphatic rings. The molecule has 0 spiro atoms. The second kappa shape index (κ2) is 4.93. The number of benzene rings is 1. The average molecular weight is 269 g/mol. The second-order valence-corrected chi connectivity index (χ2v) is 5.88. The molecule has 0 amide bonds. The Morgan fingerprint density at radius 3 is 2.85 bits per heavy atom. The van der Waals surface area contributed by atoms with E-state index in [1.54, 1.807) is 0 Å². The number of H-pyrrole nitrogens is 1. The van der Waals surface area contributed by atoms with Gasteiger partial charge in [0.1, 0.15) is 11.6 Å². The van der Waals surface area contributed by atoms with Gasteiger partial charge in [-0.1, -0.05) is 31.0 Å². The summed E-state index contributed by atoms with van der Waals surface area (Å²) in [6.07, 6.45) is 6.11. The maximum atomic E-state index is 5.83. The van der Waals surface area contributed by atoms with E-state index in [1.807, 2.05) is 12.1 Å². The molecule has 1 unspecified atom stereocenters. The van der Waals surface area contributed by atoms with Crippen molar-refractivity contribution in [1.82, 2.24) is 15.2 Å². The lowest BCUT2D eigenvalue weighted by molar-refractivity contribution is 0.258. The summed E-state index contributed by atoms with van der Waals surface area (Å²) in [6.45, 7) is 0.680. The third-order valence-corrected chi connectivity index (χ3v) is 4.51. The Kier molecular flexibility index (Phi) is 2.94. The Balaban J connectivity index is 1.54. The molecular formula is C16H19N3O. The fraction of sp³-hybridized carbons (Fsp3) is 0.500. The van der Waals surface area contributed by atoms with Crippen molar-refractivity contribution in [2.24, 2.45) is 0 Å². The molecule has 1 aromatic heterocycles. The summed E-state index contributed by atoms with van der Waals surface area (Å²) < 4.78 is 5.83. The molecule has 4 heteroatoms. The molecule has 2 heterocycles. The smallest absolute Gasteiger partial charge is 0.157 e. The van der Waals surface area contributed by atoms with Crippen molar-refractivity contribution in [2.45, 2.75) is 43.9 Å². The molecule has 1 aliphatic heterocycles. The Bertz CT molecular complexity index is 601. The molecule has 1 saturated carbocycles. The number of nitrogens with zero attached hydrogens (tertiary/aromatic N) is 2. The van der Waals surface area contributed by atoms with Crippen LogP contribution >= 0.6 is 0 Å². The van der Waals surface area contributed by atoms with Crippen LogP contribution in [0.15, 0.2) is 24.3 Å². The summed E-state index contributed by atoms with van der Waals surface area (Å²) in [4.78, 5) is 4.74. The van der Waals surface area contributed by atoms with Crippen LogP contribution in [0.2, 0.25) is 0 Å². The molecule has 1 aromatic carbocycles. The van der Waals surface area contributed by atoms with Gasteiger partial charge in [-0.15, -0.1) is 0 Å². The second-order valence-electron chi connectivity index (χ2n) is 5.88. The SMILES string of the molecule is c1ccc2c(c1)CC(c1n[nH]c(C3CCCC3)n1)CO2. The Hall–Kier alpha value is -1.84. The highest BCUT2D eigenvalue weighted by Crippen LogP contribution is 2.34. The Labute approximate surface area is 118 Å². The normalized spacial score (nSPS) is 22.5. The molecule has 1 aliphatic carbocycles. The van der Waals surface area contributed by atoms with Crippen molar-refractivity contribution in [3.05, 3.63) is 41.5 Å². The minimum absolute atomic E-state index is 0.274. The van der Waals surface area contributed by atoms with Crippen LogP contribution in [0.25, 0.3) is 0 Å². The third kappa shape index (κ3) is 2.09. The molecule has 0 radical (unpaired) electrons. The topological polar surface area (TPSA) is 50.8 Å². The lowest BCUT2D eigenvalue weighted by Gasteiger charge is -2.23. The van der Waals surface area contributed by atoms with Crippen molar-refractivity contribution >= 4 is 0 Å². The molecule has 4 rings (SSSR count). The van der Waals surface area contributed by atoms with E-state index in [9.17, 15) is 0 Å². The lowest BCUT2D eigenvalue weighted by atomic mass is 9.96. The number of fused-ring (bicyclic) bond motifs is 1. The summed E-state index contributed by atoms with van der Waals surface area (Å²) in [5.41, 5.74) is 1.26. The minimum Gasteiger partial charge on any atom is -0.493 e. The average Bonchev–Trinajstić information content (AvgIpc) is 3.17. The van der Waals surface area contributed by atoms with Gasteiger partial charge in [0.15, 0.2) is 5.82 Å². The van der Waals surface area contributed by atoms with E-state index in [-0.39, 0.29) is 5.92 Å². The zero-order valence-corrected chi connectivity index (χ0v) is 11.5. The van der Waals surface area contributed by atoms with Gasteiger partial charge >= 0.3 is 0 Å². The number of ether oxygens (including phenoxy) is 1. The number of hydrogen-bond acceptors (Lipinski definition) is 3. The number of nitrogens with one attached hydrogen (secondary N) is 1. The zero-order valence-electron chi connectivity index (χ0n) is 11.5. The first-order valence-electron chi connectivity index (χ1n) is 7.53. The molecule has 1 atom stereocenters. The molecule has 104 valence electrons. The van der Waals surface area contributed by atoms with Crippen LogP contribution in [0, 0.1) is 0 Å². The Morgan fingerprint density at radius 2 is 1.95 bits per heavy atom. The van der Waals surface area contributed by atoms with E-state index in [2.05, 4.69) is 22.3 Å². The van der Waals surface area contributed by atoms with Gasteiger partial charge in [0, 0.05) is 5.92 Å². The van der Waals surface area contributed by atoms with Crippen LogP contribution in [0.5, 0.6) is 5.75 Å². The monoisotopic (exact) mass is 269 g/mol. The zero-order chi connectivity index (χ0) is 13.4. The first-order valence-corrected chi connectivity index (χ1v) is 7.53. The first kappa shape index (κ1) is 11.9. The molecule has 1 N–H and O–H groups in total. The number of para-hydroxylation sites is 1. The summed E-state index contributed by atoms with van der Waals surface area (Å²) >= 11 is 0. The van der Waals surface area contributed by atoms with Gasteiger partial charge < -0.3 is 4.74 Å². The lowest BCUT2D eigenvalue weighted by Crippen LogP contribution is -2.20. The Morgan fingerprint density at radius 1 is 1.10 bits per heavy atom. The summed E-state index contributed by atoms with van der Waals surface area (Å²) in [6, 6.07) is 8.25. The van der Waals surface area contributed by atoms with Crippen molar-refractivity contribution in [3.8, 4) is 5.75 Å². The van der Waals surface area contributed by atoms with Crippen LogP contribution in [0.4, 0.5) is 0 Å². The fourth-order valence-corrected chi connectivity index (χ4v) is 3.35. The first-order chi connectivity index (χ1) is 9.90. The van der Waals surface area contributed by atoms with Gasteiger partial charge in [0.2, 0.25) is 0 Å². The van der Waals surface area contributed by atoms with Gasteiger partial charge in [-0.25, -0.2) is 4.98 Å². The number of aromatic nitrogens is 3. The van der Waals surface area contributed by atoms with E-state index in [4.69, 9.17) is 9.72 Å². The van der Waals surface area contributed by atoms with Gasteiger partial charge in [0.25, 0.3) is 0 Å². The van der Waals surface area contributed by atoms with Crippen LogP contribution in [-0.4, -0.2) is 21.8 Å². The van der Waals surface area contributed by atoms with E-state index < -0.39 is 0 Å². The predicted octanol–water partition coefficient (Wildman–Crippen LogP) is 3.18. The van der Waals surface area contributed by atoms with Crippen LogP contribution in [0.3, 0.4) is 0 Å². The molecule has 4 nitrogen and oxygen atoms in total. The molecule has 2 aromatic rings. The molecular weight excluding hydrogens is 250 g/mol. The van der Waals surface area contributed by atoms with Crippen LogP contribution in [-0.2, 0) is 6.42 Å². The van der Waals surface area contributed by atoms with Crippen molar-refractivity contribution in [3.63, 3.8) is 0 Å². The quantitative estimate of drug-likeness (QED) is 0.911. The maximum Gasteiger partial charge on any atom is 0.157 e. The molecule has 0 bridgehead atoms. The van der Waals surface area contributed by atoms with Gasteiger partial charge in [-0.2, -0.15) is 5.10 Å². The fourth-order valence-electron chi connectivity index (χ4n) is 3.35. The summed E-state index contributed by atoms with van der Waals surface area (Å²) in [5.74, 6) is 3.87. The van der Waals surface area contributed by atoms with Gasteiger partial charge in [-0.3, -0.25) is 5.10 Å². The molecule has 1 fully saturated rings. The number of hydrogen-bond donors (Lipinski definition) is 1.